The molecule has 0 fully saturated rings. The zero-order valence-corrected chi connectivity index (χ0v) is 13.4. The van der Waals surface area contributed by atoms with Gasteiger partial charge in [0.05, 0.1) is 9.83 Å². The lowest BCUT2D eigenvalue weighted by Gasteiger charge is -2.17. The average molecular weight is 375 g/mol. The highest BCUT2D eigenvalue weighted by molar-refractivity contribution is 9.11. The van der Waals surface area contributed by atoms with Crippen molar-refractivity contribution in [3.63, 3.8) is 0 Å². The second-order valence-corrected chi connectivity index (χ2v) is 7.10. The summed E-state index contributed by atoms with van der Waals surface area (Å²) in [5.41, 5.74) is 1.29. The summed E-state index contributed by atoms with van der Waals surface area (Å²) in [6.45, 7) is 3.08. The first kappa shape index (κ1) is 13.3. The molecule has 1 N–H and O–H groups in total. The van der Waals surface area contributed by atoms with Crippen molar-refractivity contribution in [1.29, 1.82) is 0 Å². The SMILES string of the molecule is CCNC(c1cccc(Br)c1)c1ccc(Br)s1. The molecule has 17 heavy (non-hydrogen) atoms. The molecule has 0 aliphatic carbocycles. The maximum absolute atomic E-state index is 3.53. The lowest BCUT2D eigenvalue weighted by molar-refractivity contribution is 0.639. The van der Waals surface area contributed by atoms with Crippen molar-refractivity contribution >= 4 is 43.2 Å². The van der Waals surface area contributed by atoms with E-state index in [4.69, 9.17) is 0 Å². The Labute approximate surface area is 123 Å². The topological polar surface area (TPSA) is 12.0 Å². The molecule has 0 radical (unpaired) electrons. The number of halogens is 2. The number of hydrogen-bond donors (Lipinski definition) is 1. The Hall–Kier alpha value is -0.160. The molecule has 1 unspecified atom stereocenters. The second kappa shape index (κ2) is 6.14. The van der Waals surface area contributed by atoms with Gasteiger partial charge in [0.2, 0.25) is 0 Å². The van der Waals surface area contributed by atoms with Crippen molar-refractivity contribution < 1.29 is 0 Å². The van der Waals surface area contributed by atoms with E-state index in [1.165, 1.54) is 14.2 Å². The molecule has 0 bridgehead atoms. The van der Waals surface area contributed by atoms with Crippen LogP contribution in [-0.4, -0.2) is 6.54 Å². The van der Waals surface area contributed by atoms with E-state index in [-0.39, 0.29) is 6.04 Å². The number of nitrogens with one attached hydrogen (secondary N) is 1. The fourth-order valence-corrected chi connectivity index (χ4v) is 3.70. The third-order valence-corrected chi connectivity index (χ3v) is 4.65. The van der Waals surface area contributed by atoms with Crippen LogP contribution in [0.2, 0.25) is 0 Å². The van der Waals surface area contributed by atoms with E-state index in [9.17, 15) is 0 Å². The average Bonchev–Trinajstić information content (AvgIpc) is 2.72. The van der Waals surface area contributed by atoms with E-state index in [1.807, 2.05) is 0 Å². The van der Waals surface area contributed by atoms with Crippen LogP contribution < -0.4 is 5.32 Å². The third-order valence-electron chi connectivity index (χ3n) is 2.47. The van der Waals surface area contributed by atoms with E-state index >= 15 is 0 Å². The smallest absolute Gasteiger partial charge is 0.0702 e. The molecule has 0 saturated carbocycles. The first-order chi connectivity index (χ1) is 8.20. The standard InChI is InChI=1S/C13H13Br2NS/c1-2-16-13(11-6-7-12(15)17-11)9-4-3-5-10(14)8-9/h3-8,13,16H,2H2,1H3. The van der Waals surface area contributed by atoms with Crippen LogP contribution in [0, 0.1) is 0 Å². The van der Waals surface area contributed by atoms with Crippen LogP contribution >= 0.6 is 43.2 Å². The van der Waals surface area contributed by atoms with Crippen LogP contribution in [0.3, 0.4) is 0 Å². The number of benzene rings is 1. The van der Waals surface area contributed by atoms with Crippen LogP contribution in [-0.2, 0) is 0 Å². The van der Waals surface area contributed by atoms with Crippen LogP contribution in [0.5, 0.6) is 0 Å². The third kappa shape index (κ3) is 3.41. The number of hydrogen-bond acceptors (Lipinski definition) is 2. The Morgan fingerprint density at radius 1 is 1.24 bits per heavy atom. The molecule has 1 heterocycles. The molecule has 0 saturated heterocycles. The molecular formula is C13H13Br2NS. The van der Waals surface area contributed by atoms with E-state index in [2.05, 4.69) is 80.5 Å². The molecule has 0 aliphatic rings. The normalized spacial score (nSPS) is 12.6. The molecule has 90 valence electrons. The summed E-state index contributed by atoms with van der Waals surface area (Å²) in [5.74, 6) is 0. The number of rotatable bonds is 4. The zero-order chi connectivity index (χ0) is 12.3. The molecule has 4 heteroatoms. The minimum Gasteiger partial charge on any atom is -0.306 e. The first-order valence-electron chi connectivity index (χ1n) is 5.44. The predicted molar refractivity (Wildman–Crippen MR) is 81.7 cm³/mol. The van der Waals surface area contributed by atoms with E-state index < -0.39 is 0 Å². The quantitative estimate of drug-likeness (QED) is 0.796. The summed E-state index contributed by atoms with van der Waals surface area (Å²) in [7, 11) is 0. The summed E-state index contributed by atoms with van der Waals surface area (Å²) in [6, 6.07) is 13.0. The summed E-state index contributed by atoms with van der Waals surface area (Å²) >= 11 is 8.82. The minimum absolute atomic E-state index is 0.272. The molecule has 2 aromatic rings. The van der Waals surface area contributed by atoms with Gasteiger partial charge in [0, 0.05) is 9.35 Å². The van der Waals surface area contributed by atoms with Crippen LogP contribution in [0.15, 0.2) is 44.7 Å². The Balaban J connectivity index is 2.35. The minimum atomic E-state index is 0.272. The Morgan fingerprint density at radius 3 is 2.65 bits per heavy atom. The molecule has 1 nitrogen and oxygen atoms in total. The van der Waals surface area contributed by atoms with E-state index in [0.717, 1.165) is 11.0 Å². The van der Waals surface area contributed by atoms with Crippen molar-refractivity contribution in [3.8, 4) is 0 Å². The zero-order valence-electron chi connectivity index (χ0n) is 9.41. The van der Waals surface area contributed by atoms with Crippen LogP contribution in [0.4, 0.5) is 0 Å². The second-order valence-electron chi connectivity index (χ2n) is 3.69. The van der Waals surface area contributed by atoms with Gasteiger partial charge in [-0.25, -0.2) is 0 Å². The molecular weight excluding hydrogens is 362 g/mol. The highest BCUT2D eigenvalue weighted by Gasteiger charge is 2.14. The monoisotopic (exact) mass is 373 g/mol. The van der Waals surface area contributed by atoms with Crippen LogP contribution in [0.25, 0.3) is 0 Å². The van der Waals surface area contributed by atoms with Gasteiger partial charge >= 0.3 is 0 Å². The molecule has 1 aromatic heterocycles. The maximum Gasteiger partial charge on any atom is 0.0702 e. The molecule has 0 amide bonds. The van der Waals surface area contributed by atoms with E-state index in [1.54, 1.807) is 11.3 Å². The highest BCUT2D eigenvalue weighted by Crippen LogP contribution is 2.32. The van der Waals surface area contributed by atoms with Gasteiger partial charge in [0.15, 0.2) is 0 Å². The summed E-state index contributed by atoms with van der Waals surface area (Å²) in [6.07, 6.45) is 0. The molecule has 1 atom stereocenters. The van der Waals surface area contributed by atoms with Crippen molar-refractivity contribution in [2.24, 2.45) is 0 Å². The Kier molecular flexibility index (Phi) is 4.79. The fourth-order valence-electron chi connectivity index (χ4n) is 1.76. The van der Waals surface area contributed by atoms with Gasteiger partial charge in [0.25, 0.3) is 0 Å². The van der Waals surface area contributed by atoms with Crippen molar-refractivity contribution in [2.45, 2.75) is 13.0 Å². The van der Waals surface area contributed by atoms with Gasteiger partial charge in [-0.2, -0.15) is 0 Å². The van der Waals surface area contributed by atoms with Crippen molar-refractivity contribution in [1.82, 2.24) is 5.32 Å². The fraction of sp³-hybridized carbons (Fsp3) is 0.231. The van der Waals surface area contributed by atoms with Gasteiger partial charge in [0.1, 0.15) is 0 Å². The molecule has 1 aromatic carbocycles. The lowest BCUT2D eigenvalue weighted by Crippen LogP contribution is -2.20. The summed E-state index contributed by atoms with van der Waals surface area (Å²) < 4.78 is 2.29. The van der Waals surface area contributed by atoms with Crippen molar-refractivity contribution in [2.75, 3.05) is 6.54 Å². The van der Waals surface area contributed by atoms with Gasteiger partial charge in [-0.15, -0.1) is 11.3 Å². The number of thiophene rings is 1. The summed E-state index contributed by atoms with van der Waals surface area (Å²) in [4.78, 5) is 1.33. The highest BCUT2D eigenvalue weighted by atomic mass is 79.9. The van der Waals surface area contributed by atoms with Crippen molar-refractivity contribution in [3.05, 3.63) is 55.1 Å². The van der Waals surface area contributed by atoms with Gasteiger partial charge in [-0.3, -0.25) is 0 Å². The first-order valence-corrected chi connectivity index (χ1v) is 7.85. The Morgan fingerprint density at radius 2 is 2.06 bits per heavy atom. The lowest BCUT2D eigenvalue weighted by atomic mass is 10.1. The largest absolute Gasteiger partial charge is 0.306 e. The Bertz CT molecular complexity index is 496. The van der Waals surface area contributed by atoms with Gasteiger partial charge < -0.3 is 5.32 Å². The molecule has 0 spiro atoms. The van der Waals surface area contributed by atoms with E-state index in [0.29, 0.717) is 0 Å². The molecule has 0 aliphatic heterocycles. The van der Waals surface area contributed by atoms with Crippen LogP contribution in [0.1, 0.15) is 23.4 Å². The molecule has 2 rings (SSSR count). The van der Waals surface area contributed by atoms with Gasteiger partial charge in [-0.05, 0) is 52.3 Å². The predicted octanol–water partition coefficient (Wildman–Crippen LogP) is 4.97. The summed E-state index contributed by atoms with van der Waals surface area (Å²) in [5, 5.41) is 3.52. The van der Waals surface area contributed by atoms with Gasteiger partial charge in [-0.1, -0.05) is 35.0 Å². The maximum atomic E-state index is 3.53.